The third-order valence-corrected chi connectivity index (χ3v) is 4.74. The number of rotatable bonds is 4. The van der Waals surface area contributed by atoms with Gasteiger partial charge in [0.05, 0.1) is 6.10 Å². The molecule has 0 aliphatic heterocycles. The van der Waals surface area contributed by atoms with Crippen LogP contribution in [0.3, 0.4) is 0 Å². The largest absolute Gasteiger partial charge is 0.396 e. The van der Waals surface area contributed by atoms with Crippen molar-refractivity contribution in [3.8, 4) is 0 Å². The van der Waals surface area contributed by atoms with Crippen LogP contribution in [0, 0.1) is 17.8 Å². The smallest absolute Gasteiger partial charge is 0.0571 e. The Morgan fingerprint density at radius 2 is 1.88 bits per heavy atom. The summed E-state index contributed by atoms with van der Waals surface area (Å²) >= 11 is 0. The van der Waals surface area contributed by atoms with Crippen molar-refractivity contribution >= 4 is 0 Å². The van der Waals surface area contributed by atoms with Crippen molar-refractivity contribution in [1.29, 1.82) is 0 Å². The summed E-state index contributed by atoms with van der Waals surface area (Å²) in [5.41, 5.74) is 0. The standard InChI is InChI=1S/C14H26O2/c15-9-2-1-4-11-7-8-13-12(10-11)5-3-6-14(13)16/h11-16H,1-10H2. The second-order valence-electron chi connectivity index (χ2n) is 5.82. The van der Waals surface area contributed by atoms with Crippen molar-refractivity contribution in [2.24, 2.45) is 17.8 Å². The first-order valence-electron chi connectivity index (χ1n) is 7.10. The zero-order valence-electron chi connectivity index (χ0n) is 10.3. The van der Waals surface area contributed by atoms with Crippen LogP contribution in [0.2, 0.25) is 0 Å². The normalized spacial score (nSPS) is 39.4. The molecule has 0 amide bonds. The molecule has 0 saturated heterocycles. The number of hydrogen-bond acceptors (Lipinski definition) is 2. The molecule has 4 unspecified atom stereocenters. The molecule has 94 valence electrons. The summed E-state index contributed by atoms with van der Waals surface area (Å²) in [6.07, 6.45) is 10.9. The van der Waals surface area contributed by atoms with E-state index in [4.69, 9.17) is 5.11 Å². The third-order valence-electron chi connectivity index (χ3n) is 4.74. The summed E-state index contributed by atoms with van der Waals surface area (Å²) in [6, 6.07) is 0. The maximum Gasteiger partial charge on any atom is 0.0571 e. The van der Waals surface area contributed by atoms with Gasteiger partial charge in [-0.1, -0.05) is 25.7 Å². The van der Waals surface area contributed by atoms with Crippen molar-refractivity contribution in [3.63, 3.8) is 0 Å². The molecule has 2 rings (SSSR count). The van der Waals surface area contributed by atoms with Gasteiger partial charge in [-0.25, -0.2) is 0 Å². The Bertz CT molecular complexity index is 205. The molecule has 0 radical (unpaired) electrons. The maximum atomic E-state index is 9.97. The summed E-state index contributed by atoms with van der Waals surface area (Å²) in [5, 5.41) is 18.8. The fraction of sp³-hybridized carbons (Fsp3) is 1.00. The third kappa shape index (κ3) is 2.98. The van der Waals surface area contributed by atoms with Gasteiger partial charge >= 0.3 is 0 Å². The van der Waals surface area contributed by atoms with Crippen LogP contribution in [0.25, 0.3) is 0 Å². The van der Waals surface area contributed by atoms with Gasteiger partial charge in [0, 0.05) is 6.61 Å². The highest BCUT2D eigenvalue weighted by atomic mass is 16.3. The van der Waals surface area contributed by atoms with Gasteiger partial charge in [0.2, 0.25) is 0 Å². The lowest BCUT2D eigenvalue weighted by atomic mass is 9.65. The lowest BCUT2D eigenvalue weighted by molar-refractivity contribution is -0.00398. The van der Waals surface area contributed by atoms with E-state index >= 15 is 0 Å². The highest BCUT2D eigenvalue weighted by molar-refractivity contribution is 4.87. The second kappa shape index (κ2) is 6.02. The van der Waals surface area contributed by atoms with Crippen LogP contribution in [0.1, 0.15) is 57.8 Å². The molecular formula is C14H26O2. The Morgan fingerprint density at radius 1 is 1.00 bits per heavy atom. The van der Waals surface area contributed by atoms with E-state index in [-0.39, 0.29) is 6.10 Å². The number of aliphatic hydroxyl groups excluding tert-OH is 2. The van der Waals surface area contributed by atoms with Gasteiger partial charge in [-0.2, -0.15) is 0 Å². The van der Waals surface area contributed by atoms with Crippen LogP contribution in [0.5, 0.6) is 0 Å². The van der Waals surface area contributed by atoms with Crippen LogP contribution in [0.15, 0.2) is 0 Å². The number of unbranched alkanes of at least 4 members (excludes halogenated alkanes) is 1. The quantitative estimate of drug-likeness (QED) is 0.724. The molecular weight excluding hydrogens is 200 g/mol. The minimum absolute atomic E-state index is 0.00265. The maximum absolute atomic E-state index is 9.97. The Morgan fingerprint density at radius 3 is 2.69 bits per heavy atom. The highest BCUT2D eigenvalue weighted by Gasteiger charge is 2.36. The first kappa shape index (κ1) is 12.4. The van der Waals surface area contributed by atoms with Gasteiger partial charge in [-0.05, 0) is 49.9 Å². The van der Waals surface area contributed by atoms with Gasteiger partial charge in [0.15, 0.2) is 0 Å². The van der Waals surface area contributed by atoms with Gasteiger partial charge in [-0.15, -0.1) is 0 Å². The van der Waals surface area contributed by atoms with Gasteiger partial charge < -0.3 is 10.2 Å². The Balaban J connectivity index is 1.76. The summed E-state index contributed by atoms with van der Waals surface area (Å²) in [5.74, 6) is 2.29. The van der Waals surface area contributed by atoms with Gasteiger partial charge in [0.1, 0.15) is 0 Å². The predicted octanol–water partition coefficient (Wildman–Crippen LogP) is 2.73. The Labute approximate surface area is 99.1 Å². The van der Waals surface area contributed by atoms with E-state index in [2.05, 4.69) is 0 Å². The molecule has 16 heavy (non-hydrogen) atoms. The van der Waals surface area contributed by atoms with Crippen LogP contribution < -0.4 is 0 Å². The fourth-order valence-corrected chi connectivity index (χ4v) is 3.83. The first-order chi connectivity index (χ1) is 7.81. The van der Waals surface area contributed by atoms with E-state index in [0.717, 1.165) is 24.7 Å². The van der Waals surface area contributed by atoms with Crippen LogP contribution >= 0.6 is 0 Å². The molecule has 2 saturated carbocycles. The van der Waals surface area contributed by atoms with Crippen molar-refractivity contribution in [1.82, 2.24) is 0 Å². The predicted molar refractivity (Wildman–Crippen MR) is 65.1 cm³/mol. The molecule has 0 aromatic rings. The van der Waals surface area contributed by atoms with Gasteiger partial charge in [0.25, 0.3) is 0 Å². The molecule has 2 nitrogen and oxygen atoms in total. The summed E-state index contributed by atoms with van der Waals surface area (Å²) in [7, 11) is 0. The van der Waals surface area contributed by atoms with E-state index < -0.39 is 0 Å². The van der Waals surface area contributed by atoms with Crippen molar-refractivity contribution in [2.45, 2.75) is 63.9 Å². The van der Waals surface area contributed by atoms with Crippen LogP contribution in [0.4, 0.5) is 0 Å². The van der Waals surface area contributed by atoms with Crippen molar-refractivity contribution < 1.29 is 10.2 Å². The van der Waals surface area contributed by atoms with E-state index in [1.165, 1.54) is 44.9 Å². The molecule has 0 bridgehead atoms. The number of fused-ring (bicyclic) bond motifs is 1. The summed E-state index contributed by atoms with van der Waals surface area (Å²) in [4.78, 5) is 0. The Kier molecular flexibility index (Phi) is 4.66. The lowest BCUT2D eigenvalue weighted by Gasteiger charge is -2.42. The minimum Gasteiger partial charge on any atom is -0.396 e. The lowest BCUT2D eigenvalue weighted by Crippen LogP contribution is -2.36. The zero-order chi connectivity index (χ0) is 11.4. The number of aliphatic hydroxyl groups is 2. The Hall–Kier alpha value is -0.0800. The molecule has 4 atom stereocenters. The molecule has 2 N–H and O–H groups in total. The van der Waals surface area contributed by atoms with E-state index in [0.29, 0.717) is 12.5 Å². The molecule has 2 aliphatic rings. The highest BCUT2D eigenvalue weighted by Crippen LogP contribution is 2.43. The van der Waals surface area contributed by atoms with Crippen LogP contribution in [-0.4, -0.2) is 22.9 Å². The summed E-state index contributed by atoms with van der Waals surface area (Å²) in [6.45, 7) is 0.345. The molecule has 2 fully saturated rings. The number of hydrogen-bond donors (Lipinski definition) is 2. The first-order valence-corrected chi connectivity index (χ1v) is 7.10. The SMILES string of the molecule is OCCCCC1CCC2C(O)CCCC2C1. The average Bonchev–Trinajstić information content (AvgIpc) is 2.30. The molecule has 2 heteroatoms. The van der Waals surface area contributed by atoms with E-state index in [9.17, 15) is 5.11 Å². The topological polar surface area (TPSA) is 40.5 Å². The van der Waals surface area contributed by atoms with Crippen molar-refractivity contribution in [3.05, 3.63) is 0 Å². The molecule has 0 heterocycles. The molecule has 2 aliphatic carbocycles. The molecule has 0 aromatic carbocycles. The minimum atomic E-state index is -0.00265. The van der Waals surface area contributed by atoms with Crippen molar-refractivity contribution in [2.75, 3.05) is 6.61 Å². The fourth-order valence-electron chi connectivity index (χ4n) is 3.83. The molecule has 0 aromatic heterocycles. The van der Waals surface area contributed by atoms with Gasteiger partial charge in [-0.3, -0.25) is 0 Å². The van der Waals surface area contributed by atoms with E-state index in [1.54, 1.807) is 0 Å². The zero-order valence-corrected chi connectivity index (χ0v) is 10.3. The van der Waals surface area contributed by atoms with E-state index in [1.807, 2.05) is 0 Å². The monoisotopic (exact) mass is 226 g/mol. The molecule has 0 spiro atoms. The van der Waals surface area contributed by atoms with Crippen LogP contribution in [-0.2, 0) is 0 Å². The second-order valence-corrected chi connectivity index (χ2v) is 5.82. The average molecular weight is 226 g/mol. The summed E-state index contributed by atoms with van der Waals surface area (Å²) < 4.78 is 0.